The number of amides is 1. The standard InChI is InChI=1S/C18H19BrN2O2.ClH/c19-14-7-4-8-15(9-14)23-12-18(22)21-10-16(17(20)11-21)13-5-2-1-3-6-13;/h1-9,16-17H,10-12,20H2;1H/t16-,17+;/m0./s1. The third-order valence-corrected chi connectivity index (χ3v) is 4.60. The maximum Gasteiger partial charge on any atom is 0.260 e. The number of nitrogens with zero attached hydrogens (tertiary/aromatic N) is 1. The molecule has 1 saturated heterocycles. The van der Waals surface area contributed by atoms with Crippen LogP contribution in [-0.4, -0.2) is 36.5 Å². The van der Waals surface area contributed by atoms with Crippen LogP contribution in [0.3, 0.4) is 0 Å². The maximum absolute atomic E-state index is 12.4. The Hall–Kier alpha value is -1.56. The summed E-state index contributed by atoms with van der Waals surface area (Å²) >= 11 is 3.39. The van der Waals surface area contributed by atoms with Gasteiger partial charge in [-0.05, 0) is 23.8 Å². The first kappa shape index (κ1) is 18.8. The summed E-state index contributed by atoms with van der Waals surface area (Å²) in [4.78, 5) is 14.2. The van der Waals surface area contributed by atoms with E-state index in [9.17, 15) is 4.79 Å². The van der Waals surface area contributed by atoms with Crippen molar-refractivity contribution in [2.24, 2.45) is 5.73 Å². The van der Waals surface area contributed by atoms with Crippen molar-refractivity contribution in [2.75, 3.05) is 19.7 Å². The second kappa shape index (κ2) is 8.51. The molecule has 6 heteroatoms. The van der Waals surface area contributed by atoms with Gasteiger partial charge >= 0.3 is 0 Å². The van der Waals surface area contributed by atoms with Crippen LogP contribution in [-0.2, 0) is 4.79 Å². The van der Waals surface area contributed by atoms with Crippen LogP contribution < -0.4 is 10.5 Å². The van der Waals surface area contributed by atoms with E-state index in [1.807, 2.05) is 42.5 Å². The van der Waals surface area contributed by atoms with Gasteiger partial charge in [0.15, 0.2) is 6.61 Å². The van der Waals surface area contributed by atoms with Gasteiger partial charge in [0.1, 0.15) is 5.75 Å². The molecule has 0 aliphatic carbocycles. The number of likely N-dealkylation sites (tertiary alicyclic amines) is 1. The molecule has 0 radical (unpaired) electrons. The molecular formula is C18H20BrClN2O2. The lowest BCUT2D eigenvalue weighted by molar-refractivity contribution is -0.132. The lowest BCUT2D eigenvalue weighted by atomic mass is 9.95. The molecule has 1 heterocycles. The molecule has 1 aliphatic heterocycles. The second-order valence-electron chi connectivity index (χ2n) is 5.73. The van der Waals surface area contributed by atoms with Crippen LogP contribution in [0.5, 0.6) is 5.75 Å². The Kier molecular flexibility index (Phi) is 6.66. The first-order valence-corrected chi connectivity index (χ1v) is 8.39. The van der Waals surface area contributed by atoms with Gasteiger partial charge < -0.3 is 15.4 Å². The highest BCUT2D eigenvalue weighted by atomic mass is 79.9. The largest absolute Gasteiger partial charge is 0.484 e. The summed E-state index contributed by atoms with van der Waals surface area (Å²) < 4.78 is 6.50. The van der Waals surface area contributed by atoms with E-state index in [4.69, 9.17) is 10.5 Å². The number of ether oxygens (including phenoxy) is 1. The zero-order chi connectivity index (χ0) is 16.2. The van der Waals surface area contributed by atoms with E-state index in [2.05, 4.69) is 28.1 Å². The Labute approximate surface area is 156 Å². The van der Waals surface area contributed by atoms with Gasteiger partial charge in [-0.25, -0.2) is 0 Å². The molecule has 1 aliphatic rings. The Balaban J connectivity index is 0.00000208. The fraction of sp³-hybridized carbons (Fsp3) is 0.278. The molecule has 0 bridgehead atoms. The molecule has 2 atom stereocenters. The molecule has 0 saturated carbocycles. The van der Waals surface area contributed by atoms with E-state index >= 15 is 0 Å². The molecule has 2 aromatic rings. The number of benzene rings is 2. The van der Waals surface area contributed by atoms with E-state index in [1.54, 1.807) is 4.90 Å². The number of halogens is 2. The molecule has 4 nitrogen and oxygen atoms in total. The van der Waals surface area contributed by atoms with Crippen molar-refractivity contribution in [3.05, 3.63) is 64.6 Å². The van der Waals surface area contributed by atoms with Crippen LogP contribution in [0.4, 0.5) is 0 Å². The summed E-state index contributed by atoms with van der Waals surface area (Å²) in [5, 5.41) is 0. The molecule has 0 aromatic heterocycles. The fourth-order valence-electron chi connectivity index (χ4n) is 2.88. The van der Waals surface area contributed by atoms with E-state index in [0.29, 0.717) is 18.8 Å². The number of hydrogen-bond donors (Lipinski definition) is 1. The van der Waals surface area contributed by atoms with Crippen molar-refractivity contribution in [3.8, 4) is 5.75 Å². The average Bonchev–Trinajstić information content (AvgIpc) is 2.95. The summed E-state index contributed by atoms with van der Waals surface area (Å²) in [5.74, 6) is 0.834. The zero-order valence-corrected chi connectivity index (χ0v) is 15.5. The smallest absolute Gasteiger partial charge is 0.260 e. The fourth-order valence-corrected chi connectivity index (χ4v) is 3.26. The Morgan fingerprint density at radius 3 is 2.62 bits per heavy atom. The second-order valence-corrected chi connectivity index (χ2v) is 6.64. The van der Waals surface area contributed by atoms with Crippen LogP contribution in [0.2, 0.25) is 0 Å². The molecule has 2 aromatic carbocycles. The normalized spacial score (nSPS) is 19.7. The van der Waals surface area contributed by atoms with Gasteiger partial charge in [-0.15, -0.1) is 12.4 Å². The van der Waals surface area contributed by atoms with Crippen molar-refractivity contribution < 1.29 is 9.53 Å². The molecule has 0 spiro atoms. The summed E-state index contributed by atoms with van der Waals surface area (Å²) in [5.41, 5.74) is 7.41. The van der Waals surface area contributed by atoms with Crippen LogP contribution in [0.25, 0.3) is 0 Å². The lowest BCUT2D eigenvalue weighted by Gasteiger charge is -2.17. The summed E-state index contributed by atoms with van der Waals surface area (Å²) in [6.07, 6.45) is 0. The topological polar surface area (TPSA) is 55.6 Å². The van der Waals surface area contributed by atoms with E-state index in [0.717, 1.165) is 4.47 Å². The number of nitrogens with two attached hydrogens (primary N) is 1. The number of carbonyl (C=O) groups excluding carboxylic acids is 1. The Morgan fingerprint density at radius 2 is 1.92 bits per heavy atom. The molecule has 24 heavy (non-hydrogen) atoms. The number of rotatable bonds is 4. The molecule has 128 valence electrons. The lowest BCUT2D eigenvalue weighted by Crippen LogP contribution is -2.35. The SMILES string of the molecule is Cl.N[C@@H]1CN(C(=O)COc2cccc(Br)c2)C[C@H]1c1ccccc1. The summed E-state index contributed by atoms with van der Waals surface area (Å²) in [6, 6.07) is 17.6. The molecule has 1 amide bonds. The Morgan fingerprint density at radius 1 is 1.17 bits per heavy atom. The van der Waals surface area contributed by atoms with Gasteiger partial charge in [-0.3, -0.25) is 4.79 Å². The first-order chi connectivity index (χ1) is 11.1. The Bertz CT molecular complexity index is 684. The molecule has 1 fully saturated rings. The van der Waals surface area contributed by atoms with E-state index in [-0.39, 0.29) is 36.9 Å². The van der Waals surface area contributed by atoms with Gasteiger partial charge in [0.25, 0.3) is 5.91 Å². The minimum absolute atomic E-state index is 0. The zero-order valence-electron chi connectivity index (χ0n) is 13.1. The highest BCUT2D eigenvalue weighted by Gasteiger charge is 2.33. The van der Waals surface area contributed by atoms with Crippen molar-refractivity contribution in [2.45, 2.75) is 12.0 Å². The molecule has 0 unspecified atom stereocenters. The molecule has 2 N–H and O–H groups in total. The predicted molar refractivity (Wildman–Crippen MR) is 101 cm³/mol. The molecular weight excluding hydrogens is 392 g/mol. The van der Waals surface area contributed by atoms with Gasteiger partial charge in [0.2, 0.25) is 0 Å². The summed E-state index contributed by atoms with van der Waals surface area (Å²) in [6.45, 7) is 1.25. The average molecular weight is 412 g/mol. The van der Waals surface area contributed by atoms with Crippen molar-refractivity contribution in [3.63, 3.8) is 0 Å². The number of hydrogen-bond acceptors (Lipinski definition) is 3. The number of carbonyl (C=O) groups is 1. The van der Waals surface area contributed by atoms with Crippen LogP contribution in [0.15, 0.2) is 59.1 Å². The van der Waals surface area contributed by atoms with Gasteiger partial charge in [-0.2, -0.15) is 0 Å². The minimum Gasteiger partial charge on any atom is -0.484 e. The maximum atomic E-state index is 12.4. The quantitative estimate of drug-likeness (QED) is 0.840. The van der Waals surface area contributed by atoms with Crippen molar-refractivity contribution >= 4 is 34.2 Å². The van der Waals surface area contributed by atoms with Crippen LogP contribution in [0.1, 0.15) is 11.5 Å². The monoisotopic (exact) mass is 410 g/mol. The third kappa shape index (κ3) is 4.50. The predicted octanol–water partition coefficient (Wildman–Crippen LogP) is 3.20. The van der Waals surface area contributed by atoms with Gasteiger partial charge in [0, 0.05) is 29.5 Å². The van der Waals surface area contributed by atoms with Crippen molar-refractivity contribution in [1.29, 1.82) is 0 Å². The van der Waals surface area contributed by atoms with Gasteiger partial charge in [-0.1, -0.05) is 52.3 Å². The molecule has 3 rings (SSSR count). The summed E-state index contributed by atoms with van der Waals surface area (Å²) in [7, 11) is 0. The van der Waals surface area contributed by atoms with E-state index in [1.165, 1.54) is 5.56 Å². The van der Waals surface area contributed by atoms with E-state index < -0.39 is 0 Å². The van der Waals surface area contributed by atoms with Gasteiger partial charge in [0.05, 0.1) is 0 Å². The highest BCUT2D eigenvalue weighted by Crippen LogP contribution is 2.26. The van der Waals surface area contributed by atoms with Crippen molar-refractivity contribution in [1.82, 2.24) is 4.90 Å². The first-order valence-electron chi connectivity index (χ1n) is 7.60. The third-order valence-electron chi connectivity index (χ3n) is 4.10. The van der Waals surface area contributed by atoms with Crippen LogP contribution >= 0.6 is 28.3 Å². The van der Waals surface area contributed by atoms with Crippen LogP contribution in [0, 0.1) is 0 Å². The highest BCUT2D eigenvalue weighted by molar-refractivity contribution is 9.10. The minimum atomic E-state index is -0.0350.